The summed E-state index contributed by atoms with van der Waals surface area (Å²) in [4.78, 5) is 19.5. The molecule has 0 unspecified atom stereocenters. The van der Waals surface area contributed by atoms with Crippen LogP contribution in [0.4, 0.5) is 18.0 Å². The van der Waals surface area contributed by atoms with E-state index in [0.717, 1.165) is 4.90 Å². The number of amides is 1. The van der Waals surface area contributed by atoms with Crippen LogP contribution in [0.3, 0.4) is 0 Å². The highest BCUT2D eigenvalue weighted by Crippen LogP contribution is 2.35. The molecule has 0 aliphatic carbocycles. The van der Waals surface area contributed by atoms with Crippen LogP contribution in [0.15, 0.2) is 23.0 Å². The molecule has 0 aromatic carbocycles. The minimum Gasteiger partial charge on any atom is -0.530 e. The Balaban J connectivity index is 2.14. The van der Waals surface area contributed by atoms with Crippen molar-refractivity contribution in [2.75, 3.05) is 6.54 Å². The van der Waals surface area contributed by atoms with Crippen LogP contribution >= 0.6 is 0 Å². The van der Waals surface area contributed by atoms with Crippen LogP contribution in [0, 0.1) is 0 Å². The first-order valence-corrected chi connectivity index (χ1v) is 6.31. The molecule has 0 fully saturated rings. The number of halogens is 3. The predicted octanol–water partition coefficient (Wildman–Crippen LogP) is 1.46. The summed E-state index contributed by atoms with van der Waals surface area (Å²) >= 11 is 0. The van der Waals surface area contributed by atoms with Gasteiger partial charge in [0.1, 0.15) is 12.4 Å². The number of aromatic nitrogens is 2. The van der Waals surface area contributed by atoms with Gasteiger partial charge in [-0.1, -0.05) is 0 Å². The van der Waals surface area contributed by atoms with Crippen molar-refractivity contribution < 1.29 is 27.5 Å². The van der Waals surface area contributed by atoms with Gasteiger partial charge in [0.15, 0.2) is 11.5 Å². The Morgan fingerprint density at radius 3 is 2.73 bits per heavy atom. The molecule has 2 aromatic heterocycles. The number of carbonyl (C=O) groups is 1. The molecule has 0 atom stereocenters. The van der Waals surface area contributed by atoms with Crippen molar-refractivity contribution in [1.82, 2.24) is 14.9 Å². The number of carbonyl (C=O) groups excluding carboxylic acids is 1. The molecule has 0 saturated heterocycles. The minimum atomic E-state index is -4.64. The van der Waals surface area contributed by atoms with Crippen molar-refractivity contribution >= 4 is 6.09 Å². The molecule has 0 N–H and O–H groups in total. The molecule has 1 amide bonds. The van der Waals surface area contributed by atoms with Crippen LogP contribution in [-0.2, 0) is 19.1 Å². The van der Waals surface area contributed by atoms with Gasteiger partial charge in [0, 0.05) is 12.1 Å². The van der Waals surface area contributed by atoms with E-state index in [1.807, 2.05) is 0 Å². The molecule has 0 spiro atoms. The topological polar surface area (TPSA) is 82.3 Å². The molecule has 1 aliphatic rings. The third-order valence-electron chi connectivity index (χ3n) is 3.37. The first kappa shape index (κ1) is 14.4. The predicted molar refractivity (Wildman–Crippen MR) is 64.2 cm³/mol. The zero-order chi connectivity index (χ0) is 15.9. The van der Waals surface area contributed by atoms with Crippen LogP contribution in [0.5, 0.6) is 0 Å². The first-order chi connectivity index (χ1) is 10.4. The van der Waals surface area contributed by atoms with Gasteiger partial charge >= 0.3 is 6.18 Å². The van der Waals surface area contributed by atoms with Crippen LogP contribution < -0.4 is 5.11 Å². The van der Waals surface area contributed by atoms with Gasteiger partial charge in [-0.3, -0.25) is 0 Å². The molecule has 0 bridgehead atoms. The molecule has 116 valence electrons. The fraction of sp³-hybridized carbons (Fsp3) is 0.308. The highest BCUT2D eigenvalue weighted by atomic mass is 19.4. The molecule has 0 saturated carbocycles. The van der Waals surface area contributed by atoms with Gasteiger partial charge < -0.3 is 19.2 Å². The Morgan fingerprint density at radius 2 is 2.14 bits per heavy atom. The molecule has 9 heteroatoms. The summed E-state index contributed by atoms with van der Waals surface area (Å²) in [6, 6.07) is 1.43. The van der Waals surface area contributed by atoms with Crippen LogP contribution in [0.25, 0.3) is 11.4 Å². The molecule has 22 heavy (non-hydrogen) atoms. The quantitative estimate of drug-likeness (QED) is 0.796. The number of hydrogen-bond acceptors (Lipinski definition) is 5. The van der Waals surface area contributed by atoms with Crippen molar-refractivity contribution in [3.05, 3.63) is 35.5 Å². The second-order valence-electron chi connectivity index (χ2n) is 4.77. The van der Waals surface area contributed by atoms with Crippen molar-refractivity contribution in [2.24, 2.45) is 0 Å². The van der Waals surface area contributed by atoms with Gasteiger partial charge in [-0.25, -0.2) is 9.97 Å². The SMILES string of the molecule is O=C([O-])N1CCc2c(nc(-c3ccoc3)nc2C(F)(F)F)C1. The molecular formula is C13H9F3N3O3-. The average molecular weight is 312 g/mol. The smallest absolute Gasteiger partial charge is 0.433 e. The molecular weight excluding hydrogens is 303 g/mol. The monoisotopic (exact) mass is 312 g/mol. The molecule has 6 nitrogen and oxygen atoms in total. The Labute approximate surface area is 122 Å². The number of furan rings is 1. The maximum absolute atomic E-state index is 13.2. The van der Waals surface area contributed by atoms with E-state index >= 15 is 0 Å². The Kier molecular flexibility index (Phi) is 3.27. The zero-order valence-corrected chi connectivity index (χ0v) is 11.1. The summed E-state index contributed by atoms with van der Waals surface area (Å²) in [5.74, 6) is -0.153. The van der Waals surface area contributed by atoms with E-state index in [2.05, 4.69) is 9.97 Å². The van der Waals surface area contributed by atoms with Crippen molar-refractivity contribution in [1.29, 1.82) is 0 Å². The lowest BCUT2D eigenvalue weighted by molar-refractivity contribution is -0.266. The van der Waals surface area contributed by atoms with Crippen LogP contribution in [-0.4, -0.2) is 27.5 Å². The van der Waals surface area contributed by atoms with Crippen LogP contribution in [0.2, 0.25) is 0 Å². The summed E-state index contributed by atoms with van der Waals surface area (Å²) < 4.78 is 44.4. The maximum atomic E-state index is 13.2. The average Bonchev–Trinajstić information content (AvgIpc) is 2.98. The van der Waals surface area contributed by atoms with E-state index in [4.69, 9.17) is 4.42 Å². The normalized spacial score (nSPS) is 14.8. The molecule has 1 aliphatic heterocycles. The second kappa shape index (κ2) is 5.00. The fourth-order valence-corrected chi connectivity index (χ4v) is 2.34. The zero-order valence-electron chi connectivity index (χ0n) is 11.1. The van der Waals surface area contributed by atoms with E-state index in [1.54, 1.807) is 0 Å². The summed E-state index contributed by atoms with van der Waals surface area (Å²) in [5.41, 5.74) is -0.781. The number of alkyl halides is 3. The van der Waals surface area contributed by atoms with E-state index in [-0.39, 0.29) is 36.6 Å². The Morgan fingerprint density at radius 1 is 1.36 bits per heavy atom. The standard InChI is InChI=1S/C13H10F3N3O3/c14-13(15,16)10-8-1-3-19(12(20)21)5-9(8)17-11(18-10)7-2-4-22-6-7/h2,4,6H,1,3,5H2,(H,20,21)/p-1. The number of nitrogens with zero attached hydrogens (tertiary/aromatic N) is 3. The lowest BCUT2D eigenvalue weighted by Crippen LogP contribution is -2.44. The van der Waals surface area contributed by atoms with E-state index in [9.17, 15) is 23.1 Å². The lowest BCUT2D eigenvalue weighted by Gasteiger charge is -2.31. The third kappa shape index (κ3) is 2.49. The van der Waals surface area contributed by atoms with Gasteiger partial charge in [0.05, 0.1) is 24.1 Å². The highest BCUT2D eigenvalue weighted by Gasteiger charge is 2.38. The molecule has 2 aromatic rings. The fourth-order valence-electron chi connectivity index (χ4n) is 2.34. The van der Waals surface area contributed by atoms with Crippen molar-refractivity contribution in [2.45, 2.75) is 19.1 Å². The largest absolute Gasteiger partial charge is 0.530 e. The van der Waals surface area contributed by atoms with E-state index in [0.29, 0.717) is 5.56 Å². The number of carboxylic acid groups (broad SMARTS) is 1. The van der Waals surface area contributed by atoms with Gasteiger partial charge in [0.25, 0.3) is 0 Å². The molecule has 3 heterocycles. The number of fused-ring (bicyclic) bond motifs is 1. The lowest BCUT2D eigenvalue weighted by atomic mass is 10.0. The first-order valence-electron chi connectivity index (χ1n) is 6.31. The number of rotatable bonds is 1. The summed E-state index contributed by atoms with van der Waals surface area (Å²) in [6.45, 7) is -0.332. The summed E-state index contributed by atoms with van der Waals surface area (Å²) in [7, 11) is 0. The molecule has 0 radical (unpaired) electrons. The number of hydrogen-bond donors (Lipinski definition) is 0. The van der Waals surface area contributed by atoms with Gasteiger partial charge in [0.2, 0.25) is 0 Å². The van der Waals surface area contributed by atoms with Crippen molar-refractivity contribution in [3.8, 4) is 11.4 Å². The van der Waals surface area contributed by atoms with Gasteiger partial charge in [-0.05, 0) is 12.5 Å². The summed E-state index contributed by atoms with van der Waals surface area (Å²) in [5, 5.41) is 10.9. The maximum Gasteiger partial charge on any atom is 0.433 e. The molecule has 3 rings (SSSR count). The van der Waals surface area contributed by atoms with E-state index < -0.39 is 18.0 Å². The van der Waals surface area contributed by atoms with Crippen LogP contribution in [0.1, 0.15) is 17.0 Å². The Hall–Kier alpha value is -2.58. The van der Waals surface area contributed by atoms with Gasteiger partial charge in [-0.2, -0.15) is 13.2 Å². The third-order valence-corrected chi connectivity index (χ3v) is 3.37. The second-order valence-corrected chi connectivity index (χ2v) is 4.77. The van der Waals surface area contributed by atoms with Gasteiger partial charge in [-0.15, -0.1) is 0 Å². The minimum absolute atomic E-state index is 0.0361. The summed E-state index contributed by atoms with van der Waals surface area (Å²) in [6.07, 6.45) is -3.68. The van der Waals surface area contributed by atoms with Crippen molar-refractivity contribution in [3.63, 3.8) is 0 Å². The van der Waals surface area contributed by atoms with E-state index in [1.165, 1.54) is 18.6 Å². The Bertz CT molecular complexity index is 713. The highest BCUT2D eigenvalue weighted by molar-refractivity contribution is 5.63.